The third-order valence-corrected chi connectivity index (χ3v) is 3.31. The molecule has 0 aliphatic carbocycles. The number of nitro benzene ring substituents is 1. The van der Waals surface area contributed by atoms with Crippen molar-refractivity contribution in [3.05, 3.63) is 40.0 Å². The van der Waals surface area contributed by atoms with Crippen LogP contribution < -0.4 is 4.90 Å². The first-order chi connectivity index (χ1) is 10.0. The highest BCUT2D eigenvalue weighted by Crippen LogP contribution is 2.31. The molecule has 0 aromatic heterocycles. The van der Waals surface area contributed by atoms with Crippen LogP contribution in [0.15, 0.2) is 24.3 Å². The van der Waals surface area contributed by atoms with Crippen molar-refractivity contribution >= 4 is 17.5 Å². The van der Waals surface area contributed by atoms with Gasteiger partial charge < -0.3 is 9.64 Å². The summed E-state index contributed by atoms with van der Waals surface area (Å²) in [5.41, 5.74) is 1.29. The standard InChI is InChI=1S/C15H17N3O3/c1-11-9-17(10-12(2)21-11)14-6-5-13(4-3-7-16)8-15(14)18(19)20/h3-6,8,11-12H,9-10H2,1-2H3/b4-3+. The van der Waals surface area contributed by atoms with Gasteiger partial charge in [-0.15, -0.1) is 0 Å². The zero-order valence-corrected chi connectivity index (χ0v) is 12.0. The predicted octanol–water partition coefficient (Wildman–Crippen LogP) is 2.75. The lowest BCUT2D eigenvalue weighted by atomic mass is 10.1. The molecule has 6 nitrogen and oxygen atoms in total. The molecule has 2 rings (SSSR count). The van der Waals surface area contributed by atoms with Crippen molar-refractivity contribution in [3.8, 4) is 6.07 Å². The summed E-state index contributed by atoms with van der Waals surface area (Å²) < 4.78 is 5.66. The number of hydrogen-bond donors (Lipinski definition) is 0. The molecule has 0 N–H and O–H groups in total. The van der Waals surface area contributed by atoms with Crippen LogP contribution in [-0.4, -0.2) is 30.2 Å². The second-order valence-electron chi connectivity index (χ2n) is 5.13. The lowest BCUT2D eigenvalue weighted by molar-refractivity contribution is -0.384. The van der Waals surface area contributed by atoms with Crippen molar-refractivity contribution in [2.75, 3.05) is 18.0 Å². The predicted molar refractivity (Wildman–Crippen MR) is 80.0 cm³/mol. The highest BCUT2D eigenvalue weighted by Gasteiger charge is 2.27. The molecule has 1 aromatic carbocycles. The van der Waals surface area contributed by atoms with E-state index in [1.54, 1.807) is 18.2 Å². The summed E-state index contributed by atoms with van der Waals surface area (Å²) in [4.78, 5) is 12.9. The van der Waals surface area contributed by atoms with Gasteiger partial charge in [-0.1, -0.05) is 6.07 Å². The van der Waals surface area contributed by atoms with Gasteiger partial charge in [-0.25, -0.2) is 0 Å². The molecule has 110 valence electrons. The van der Waals surface area contributed by atoms with E-state index in [-0.39, 0.29) is 22.8 Å². The van der Waals surface area contributed by atoms with Crippen molar-refractivity contribution in [2.45, 2.75) is 26.1 Å². The Balaban J connectivity index is 2.36. The average molecular weight is 287 g/mol. The normalized spacial score (nSPS) is 22.2. The van der Waals surface area contributed by atoms with Gasteiger partial charge in [0.1, 0.15) is 5.69 Å². The number of anilines is 1. The van der Waals surface area contributed by atoms with Crippen LogP contribution in [0.2, 0.25) is 0 Å². The number of hydrogen-bond acceptors (Lipinski definition) is 5. The molecule has 2 unspecified atom stereocenters. The topological polar surface area (TPSA) is 79.4 Å². The number of nitriles is 1. The SMILES string of the molecule is CC1CN(c2ccc(/C=C/C#N)cc2[N+](=O)[O-])CC(C)O1. The molecular weight excluding hydrogens is 270 g/mol. The first kappa shape index (κ1) is 15.0. The minimum Gasteiger partial charge on any atom is -0.372 e. The monoisotopic (exact) mass is 287 g/mol. The van der Waals surface area contributed by atoms with Gasteiger partial charge in [-0.2, -0.15) is 5.26 Å². The number of rotatable bonds is 3. The molecule has 1 aromatic rings. The number of ether oxygens (including phenoxy) is 1. The maximum atomic E-state index is 11.3. The van der Waals surface area contributed by atoms with E-state index in [2.05, 4.69) is 0 Å². The molecule has 6 heteroatoms. The average Bonchev–Trinajstić information content (AvgIpc) is 2.43. The van der Waals surface area contributed by atoms with Crippen molar-refractivity contribution in [2.24, 2.45) is 0 Å². The van der Waals surface area contributed by atoms with Gasteiger partial charge >= 0.3 is 0 Å². The van der Waals surface area contributed by atoms with Crippen LogP contribution in [0, 0.1) is 21.4 Å². The lowest BCUT2D eigenvalue weighted by Crippen LogP contribution is -2.45. The first-order valence-electron chi connectivity index (χ1n) is 6.76. The van der Waals surface area contributed by atoms with Crippen LogP contribution in [0.1, 0.15) is 19.4 Å². The maximum absolute atomic E-state index is 11.3. The highest BCUT2D eigenvalue weighted by molar-refractivity contribution is 5.69. The van der Waals surface area contributed by atoms with Crippen LogP contribution in [-0.2, 0) is 4.74 Å². The largest absolute Gasteiger partial charge is 0.372 e. The summed E-state index contributed by atoms with van der Waals surface area (Å²) in [6.07, 6.45) is 2.93. The molecule has 1 fully saturated rings. The Morgan fingerprint density at radius 1 is 1.43 bits per heavy atom. The van der Waals surface area contributed by atoms with Crippen molar-refractivity contribution in [3.63, 3.8) is 0 Å². The number of benzene rings is 1. The Morgan fingerprint density at radius 2 is 2.10 bits per heavy atom. The van der Waals surface area contributed by atoms with Gasteiger partial charge in [0.05, 0.1) is 23.2 Å². The fraction of sp³-hybridized carbons (Fsp3) is 0.400. The summed E-state index contributed by atoms with van der Waals surface area (Å²) >= 11 is 0. The third kappa shape index (κ3) is 3.58. The number of morpholine rings is 1. The van der Waals surface area contributed by atoms with Gasteiger partial charge in [0.25, 0.3) is 5.69 Å². The minimum absolute atomic E-state index is 0.0338. The Morgan fingerprint density at radius 3 is 2.67 bits per heavy atom. The van der Waals surface area contributed by atoms with Gasteiger partial charge in [0, 0.05) is 25.2 Å². The second-order valence-corrected chi connectivity index (χ2v) is 5.13. The molecule has 0 bridgehead atoms. The van der Waals surface area contributed by atoms with Gasteiger partial charge in [-0.05, 0) is 31.6 Å². The van der Waals surface area contributed by atoms with E-state index in [0.29, 0.717) is 24.3 Å². The molecule has 1 saturated heterocycles. The molecule has 2 atom stereocenters. The molecule has 0 spiro atoms. The summed E-state index contributed by atoms with van der Waals surface area (Å²) in [5, 5.41) is 19.8. The van der Waals surface area contributed by atoms with E-state index in [9.17, 15) is 10.1 Å². The Bertz CT molecular complexity index is 597. The molecule has 1 aliphatic rings. The Kier molecular flexibility index (Phi) is 4.55. The third-order valence-electron chi connectivity index (χ3n) is 3.31. The molecule has 1 aliphatic heterocycles. The van der Waals surface area contributed by atoms with E-state index in [0.717, 1.165) is 0 Å². The van der Waals surface area contributed by atoms with Crippen LogP contribution in [0.3, 0.4) is 0 Å². The Labute approximate surface area is 123 Å². The lowest BCUT2D eigenvalue weighted by Gasteiger charge is -2.36. The molecule has 1 heterocycles. The first-order valence-corrected chi connectivity index (χ1v) is 6.76. The van der Waals surface area contributed by atoms with E-state index in [1.165, 1.54) is 12.1 Å². The highest BCUT2D eigenvalue weighted by atomic mass is 16.6. The van der Waals surface area contributed by atoms with Crippen LogP contribution in [0.4, 0.5) is 11.4 Å². The summed E-state index contributed by atoms with van der Waals surface area (Å²) in [6.45, 7) is 5.16. The summed E-state index contributed by atoms with van der Waals surface area (Å²) in [6, 6.07) is 6.89. The Hall–Kier alpha value is -2.39. The molecule has 21 heavy (non-hydrogen) atoms. The van der Waals surface area contributed by atoms with E-state index >= 15 is 0 Å². The summed E-state index contributed by atoms with van der Waals surface area (Å²) in [5.74, 6) is 0. The number of nitro groups is 1. The van der Waals surface area contributed by atoms with Gasteiger partial charge in [0.2, 0.25) is 0 Å². The maximum Gasteiger partial charge on any atom is 0.293 e. The number of allylic oxidation sites excluding steroid dienone is 1. The molecule has 0 saturated carbocycles. The fourth-order valence-corrected chi connectivity index (χ4v) is 2.57. The smallest absolute Gasteiger partial charge is 0.293 e. The molecular formula is C15H17N3O3. The van der Waals surface area contributed by atoms with Crippen LogP contribution in [0.5, 0.6) is 0 Å². The van der Waals surface area contributed by atoms with Crippen LogP contribution in [0.25, 0.3) is 6.08 Å². The second kappa shape index (κ2) is 6.37. The molecule has 0 amide bonds. The van der Waals surface area contributed by atoms with E-state index in [1.807, 2.05) is 24.8 Å². The van der Waals surface area contributed by atoms with Crippen molar-refractivity contribution < 1.29 is 9.66 Å². The van der Waals surface area contributed by atoms with Crippen LogP contribution >= 0.6 is 0 Å². The fourth-order valence-electron chi connectivity index (χ4n) is 2.57. The van der Waals surface area contributed by atoms with Gasteiger partial charge in [-0.3, -0.25) is 10.1 Å². The van der Waals surface area contributed by atoms with Gasteiger partial charge in [0.15, 0.2) is 0 Å². The summed E-state index contributed by atoms with van der Waals surface area (Å²) in [7, 11) is 0. The van der Waals surface area contributed by atoms with Crippen molar-refractivity contribution in [1.82, 2.24) is 0 Å². The quantitative estimate of drug-likeness (QED) is 0.485. The van der Waals surface area contributed by atoms with E-state index in [4.69, 9.17) is 10.00 Å². The zero-order chi connectivity index (χ0) is 15.4. The minimum atomic E-state index is -0.385. The molecule has 0 radical (unpaired) electrons. The number of nitrogens with zero attached hydrogens (tertiary/aromatic N) is 3. The zero-order valence-electron chi connectivity index (χ0n) is 12.0. The van der Waals surface area contributed by atoms with Crippen molar-refractivity contribution in [1.29, 1.82) is 5.26 Å². The van der Waals surface area contributed by atoms with E-state index < -0.39 is 0 Å².